The van der Waals surface area contributed by atoms with Crippen LogP contribution in [0.4, 0.5) is 0 Å². The summed E-state index contributed by atoms with van der Waals surface area (Å²) in [6.07, 6.45) is 2.79. The number of hydrogen-bond acceptors (Lipinski definition) is 4. The van der Waals surface area contributed by atoms with E-state index in [4.69, 9.17) is 0 Å². The number of nitrogens with one attached hydrogen (secondary N) is 1. The lowest BCUT2D eigenvalue weighted by Crippen LogP contribution is -2.21. The lowest BCUT2D eigenvalue weighted by Gasteiger charge is -2.03. The fourth-order valence-electron chi connectivity index (χ4n) is 0.861. The van der Waals surface area contributed by atoms with E-state index in [1.54, 1.807) is 18.7 Å². The molecule has 13 heavy (non-hydrogen) atoms. The quantitative estimate of drug-likeness (QED) is 0.620. The Labute approximate surface area is 85.6 Å². The van der Waals surface area contributed by atoms with Gasteiger partial charge in [-0.2, -0.15) is 11.8 Å². The van der Waals surface area contributed by atoms with Crippen LogP contribution in [-0.4, -0.2) is 45.0 Å². The molecule has 0 spiro atoms. The fourth-order valence-corrected chi connectivity index (χ4v) is 2.08. The van der Waals surface area contributed by atoms with Crippen LogP contribution in [0.25, 0.3) is 0 Å². The first-order valence-corrected chi connectivity index (χ1v) is 7.74. The Kier molecular flexibility index (Phi) is 7.80. The number of hydrogen-bond donors (Lipinski definition) is 1. The van der Waals surface area contributed by atoms with Gasteiger partial charge in [-0.25, -0.2) is 8.42 Å². The molecule has 0 aromatic heterocycles. The third-order valence-electron chi connectivity index (χ3n) is 1.73. The molecule has 0 amide bonds. The molecule has 3 nitrogen and oxygen atoms in total. The molecule has 1 N–H and O–H groups in total. The van der Waals surface area contributed by atoms with Gasteiger partial charge in [0.25, 0.3) is 0 Å². The molecule has 5 heteroatoms. The minimum atomic E-state index is -2.76. The molecule has 0 aliphatic carbocycles. The van der Waals surface area contributed by atoms with Crippen LogP contribution in [-0.2, 0) is 9.84 Å². The predicted octanol–water partition coefficient (Wildman–Crippen LogP) is 0.764. The van der Waals surface area contributed by atoms with E-state index in [1.807, 2.05) is 0 Å². The second kappa shape index (κ2) is 7.64. The van der Waals surface area contributed by atoms with Crippen molar-refractivity contribution in [3.05, 3.63) is 0 Å². The molecule has 0 radical (unpaired) electrons. The van der Waals surface area contributed by atoms with Crippen molar-refractivity contribution < 1.29 is 8.42 Å². The van der Waals surface area contributed by atoms with E-state index in [1.165, 1.54) is 0 Å². The second-order valence-electron chi connectivity index (χ2n) is 2.83. The van der Waals surface area contributed by atoms with Gasteiger partial charge in [-0.1, -0.05) is 6.92 Å². The molecule has 0 aromatic carbocycles. The maximum atomic E-state index is 11.1. The first-order chi connectivity index (χ1) is 6.12. The van der Waals surface area contributed by atoms with Gasteiger partial charge < -0.3 is 5.32 Å². The maximum Gasteiger partial charge on any atom is 0.150 e. The van der Waals surface area contributed by atoms with Gasteiger partial charge in [0.05, 0.1) is 5.75 Å². The maximum absolute atomic E-state index is 11.1. The van der Waals surface area contributed by atoms with Crippen LogP contribution in [0.5, 0.6) is 0 Å². The van der Waals surface area contributed by atoms with Crippen molar-refractivity contribution in [2.75, 3.05) is 36.6 Å². The Morgan fingerprint density at radius 3 is 2.54 bits per heavy atom. The predicted molar refractivity (Wildman–Crippen MR) is 60.2 cm³/mol. The Morgan fingerprint density at radius 2 is 2.00 bits per heavy atom. The minimum absolute atomic E-state index is 0.262. The molecule has 0 heterocycles. The third-order valence-corrected chi connectivity index (χ3v) is 4.13. The molecule has 0 bridgehead atoms. The normalized spacial score (nSPS) is 11.8. The first kappa shape index (κ1) is 13.3. The van der Waals surface area contributed by atoms with Crippen molar-refractivity contribution in [3.63, 3.8) is 0 Å². The van der Waals surface area contributed by atoms with Crippen molar-refractivity contribution in [2.24, 2.45) is 0 Å². The summed E-state index contributed by atoms with van der Waals surface area (Å²) in [4.78, 5) is 0. The zero-order valence-electron chi connectivity index (χ0n) is 8.38. The minimum Gasteiger partial charge on any atom is -0.316 e. The Balaban J connectivity index is 3.26. The molecule has 0 aliphatic heterocycles. The zero-order chi connectivity index (χ0) is 10.2. The van der Waals surface area contributed by atoms with Crippen molar-refractivity contribution >= 4 is 21.6 Å². The van der Waals surface area contributed by atoms with Crippen molar-refractivity contribution in [1.29, 1.82) is 0 Å². The average molecular weight is 225 g/mol. The highest BCUT2D eigenvalue weighted by Crippen LogP contribution is 1.92. The van der Waals surface area contributed by atoms with Crippen LogP contribution in [0.2, 0.25) is 0 Å². The van der Waals surface area contributed by atoms with Crippen LogP contribution in [0.1, 0.15) is 13.3 Å². The second-order valence-corrected chi connectivity index (χ2v) is 6.29. The molecule has 0 saturated heterocycles. The van der Waals surface area contributed by atoms with Crippen molar-refractivity contribution in [2.45, 2.75) is 13.3 Å². The highest BCUT2D eigenvalue weighted by Gasteiger charge is 2.05. The summed E-state index contributed by atoms with van der Waals surface area (Å²) in [5, 5.41) is 3.20. The van der Waals surface area contributed by atoms with Gasteiger partial charge in [-0.3, -0.25) is 0 Å². The van der Waals surface area contributed by atoms with Crippen molar-refractivity contribution in [1.82, 2.24) is 5.32 Å². The van der Waals surface area contributed by atoms with E-state index in [0.29, 0.717) is 5.75 Å². The summed E-state index contributed by atoms with van der Waals surface area (Å²) in [6, 6.07) is 0. The molecule has 80 valence electrons. The number of thioether (sulfide) groups is 1. The zero-order valence-corrected chi connectivity index (χ0v) is 10.0. The standard InChI is InChI=1S/C8H19NO2S2/c1-3-13(10,11)8-4-5-9-6-7-12-2/h9H,3-8H2,1-2H3. The van der Waals surface area contributed by atoms with Crippen LogP contribution >= 0.6 is 11.8 Å². The molecule has 0 fully saturated rings. The van der Waals surface area contributed by atoms with E-state index in [0.717, 1.165) is 25.3 Å². The molecule has 0 aliphatic rings. The van der Waals surface area contributed by atoms with Crippen LogP contribution < -0.4 is 5.32 Å². The highest BCUT2D eigenvalue weighted by molar-refractivity contribution is 7.98. The van der Waals surface area contributed by atoms with Gasteiger partial charge in [-0.15, -0.1) is 0 Å². The Morgan fingerprint density at radius 1 is 1.31 bits per heavy atom. The number of sulfone groups is 1. The number of rotatable bonds is 8. The van der Waals surface area contributed by atoms with E-state index in [2.05, 4.69) is 11.6 Å². The lowest BCUT2D eigenvalue weighted by molar-refractivity contribution is 0.591. The topological polar surface area (TPSA) is 46.2 Å². The lowest BCUT2D eigenvalue weighted by atomic mass is 10.5. The summed E-state index contributed by atoms with van der Waals surface area (Å²) < 4.78 is 22.1. The van der Waals surface area contributed by atoms with Gasteiger partial charge in [0.2, 0.25) is 0 Å². The van der Waals surface area contributed by atoms with E-state index in [9.17, 15) is 8.42 Å². The van der Waals surface area contributed by atoms with Crippen LogP contribution in [0, 0.1) is 0 Å². The monoisotopic (exact) mass is 225 g/mol. The summed E-state index contributed by atoms with van der Waals surface area (Å²) in [5.41, 5.74) is 0. The van der Waals surface area contributed by atoms with Crippen LogP contribution in [0.3, 0.4) is 0 Å². The molecule has 0 atom stereocenters. The molecular formula is C8H19NO2S2. The smallest absolute Gasteiger partial charge is 0.150 e. The van der Waals surface area contributed by atoms with E-state index in [-0.39, 0.29) is 5.75 Å². The van der Waals surface area contributed by atoms with Gasteiger partial charge >= 0.3 is 0 Å². The average Bonchev–Trinajstić information content (AvgIpc) is 2.11. The molecule has 0 aromatic rings. The first-order valence-electron chi connectivity index (χ1n) is 4.52. The molecule has 0 saturated carbocycles. The summed E-state index contributed by atoms with van der Waals surface area (Å²) >= 11 is 1.79. The van der Waals surface area contributed by atoms with Gasteiger partial charge in [0.1, 0.15) is 9.84 Å². The third kappa shape index (κ3) is 8.59. The molecule has 0 unspecified atom stereocenters. The van der Waals surface area contributed by atoms with Gasteiger partial charge in [0, 0.05) is 18.1 Å². The van der Waals surface area contributed by atoms with Gasteiger partial charge in [0.15, 0.2) is 0 Å². The summed E-state index contributed by atoms with van der Waals surface area (Å²) in [5.74, 6) is 1.66. The van der Waals surface area contributed by atoms with E-state index < -0.39 is 9.84 Å². The fraction of sp³-hybridized carbons (Fsp3) is 1.00. The summed E-state index contributed by atoms with van der Waals surface area (Å²) in [6.45, 7) is 3.46. The summed E-state index contributed by atoms with van der Waals surface area (Å²) in [7, 11) is -2.76. The molecular weight excluding hydrogens is 206 g/mol. The Bertz CT molecular complexity index is 202. The van der Waals surface area contributed by atoms with Crippen LogP contribution in [0.15, 0.2) is 0 Å². The van der Waals surface area contributed by atoms with E-state index >= 15 is 0 Å². The SMILES string of the molecule is CCS(=O)(=O)CCCNCCSC. The largest absolute Gasteiger partial charge is 0.316 e. The van der Waals surface area contributed by atoms with Gasteiger partial charge in [-0.05, 0) is 19.2 Å². The molecule has 0 rings (SSSR count). The Hall–Kier alpha value is 0.260. The van der Waals surface area contributed by atoms with Crippen molar-refractivity contribution in [3.8, 4) is 0 Å². The highest BCUT2D eigenvalue weighted by atomic mass is 32.2.